The second-order valence-electron chi connectivity index (χ2n) is 5.88. The smallest absolute Gasteiger partial charge is 0.0219 e. The van der Waals surface area contributed by atoms with Gasteiger partial charge in [0, 0.05) is 12.1 Å². The first-order chi connectivity index (χ1) is 6.54. The van der Waals surface area contributed by atoms with Gasteiger partial charge in [-0.05, 0) is 44.2 Å². The molecule has 2 heteroatoms. The molecule has 0 bridgehead atoms. The van der Waals surface area contributed by atoms with Crippen LogP contribution in [0.3, 0.4) is 0 Å². The molecule has 0 amide bonds. The van der Waals surface area contributed by atoms with Crippen molar-refractivity contribution in [2.75, 3.05) is 19.6 Å². The molecule has 2 fully saturated rings. The number of hydrogen-bond donors (Lipinski definition) is 1. The van der Waals surface area contributed by atoms with Gasteiger partial charge in [0.2, 0.25) is 0 Å². The van der Waals surface area contributed by atoms with Crippen LogP contribution in [0.5, 0.6) is 0 Å². The molecule has 0 spiro atoms. The van der Waals surface area contributed by atoms with Crippen LogP contribution in [0.25, 0.3) is 0 Å². The molecule has 0 aromatic carbocycles. The van der Waals surface area contributed by atoms with E-state index < -0.39 is 0 Å². The van der Waals surface area contributed by atoms with E-state index >= 15 is 0 Å². The Kier molecular flexibility index (Phi) is 2.61. The predicted molar refractivity (Wildman–Crippen MR) is 60.2 cm³/mol. The summed E-state index contributed by atoms with van der Waals surface area (Å²) in [5.74, 6) is 0. The van der Waals surface area contributed by atoms with Crippen molar-refractivity contribution in [2.45, 2.75) is 51.5 Å². The van der Waals surface area contributed by atoms with Crippen molar-refractivity contribution in [2.24, 2.45) is 11.1 Å². The standard InChI is InChI=1S/C12H24N2/c1-11(2,12(13)6-7-12)10-14-8-4-3-5-9-14/h3-10,13H2,1-2H3. The summed E-state index contributed by atoms with van der Waals surface area (Å²) in [6.07, 6.45) is 6.65. The summed E-state index contributed by atoms with van der Waals surface area (Å²) < 4.78 is 0. The zero-order valence-corrected chi connectivity index (χ0v) is 9.68. The normalized spacial score (nSPS) is 27.6. The van der Waals surface area contributed by atoms with Gasteiger partial charge in [0.1, 0.15) is 0 Å². The number of nitrogens with zero attached hydrogens (tertiary/aromatic N) is 1. The Morgan fingerprint density at radius 2 is 1.71 bits per heavy atom. The summed E-state index contributed by atoms with van der Waals surface area (Å²) in [6.45, 7) is 8.46. The minimum atomic E-state index is 0.157. The lowest BCUT2D eigenvalue weighted by atomic mass is 9.81. The van der Waals surface area contributed by atoms with Gasteiger partial charge in [-0.15, -0.1) is 0 Å². The Morgan fingerprint density at radius 3 is 2.21 bits per heavy atom. The minimum absolute atomic E-state index is 0.157. The average Bonchev–Trinajstić information content (AvgIpc) is 2.86. The van der Waals surface area contributed by atoms with Crippen LogP contribution in [-0.4, -0.2) is 30.1 Å². The Bertz CT molecular complexity index is 200. The number of piperidine rings is 1. The lowest BCUT2D eigenvalue weighted by Gasteiger charge is -2.38. The fourth-order valence-electron chi connectivity index (χ4n) is 2.65. The maximum Gasteiger partial charge on any atom is 0.0219 e. The van der Waals surface area contributed by atoms with Crippen LogP contribution in [0.15, 0.2) is 0 Å². The van der Waals surface area contributed by atoms with Crippen LogP contribution in [0.2, 0.25) is 0 Å². The summed E-state index contributed by atoms with van der Waals surface area (Å²) in [7, 11) is 0. The van der Waals surface area contributed by atoms with Gasteiger partial charge in [-0.2, -0.15) is 0 Å². The molecule has 82 valence electrons. The van der Waals surface area contributed by atoms with Gasteiger partial charge in [0.05, 0.1) is 0 Å². The van der Waals surface area contributed by atoms with Crippen LogP contribution in [-0.2, 0) is 0 Å². The van der Waals surface area contributed by atoms with Gasteiger partial charge >= 0.3 is 0 Å². The summed E-state index contributed by atoms with van der Waals surface area (Å²) >= 11 is 0. The Labute approximate surface area is 87.8 Å². The van der Waals surface area contributed by atoms with Crippen molar-refractivity contribution in [1.29, 1.82) is 0 Å². The molecule has 1 saturated heterocycles. The highest BCUT2D eigenvalue weighted by Gasteiger charge is 2.51. The van der Waals surface area contributed by atoms with Crippen LogP contribution in [0, 0.1) is 5.41 Å². The molecule has 0 aromatic rings. The van der Waals surface area contributed by atoms with E-state index in [1.165, 1.54) is 51.7 Å². The molecular formula is C12H24N2. The van der Waals surface area contributed by atoms with Gasteiger partial charge in [0.15, 0.2) is 0 Å². The number of likely N-dealkylation sites (tertiary alicyclic amines) is 1. The molecule has 0 atom stereocenters. The van der Waals surface area contributed by atoms with Crippen LogP contribution in [0.1, 0.15) is 46.0 Å². The van der Waals surface area contributed by atoms with Gasteiger partial charge in [-0.1, -0.05) is 20.3 Å². The van der Waals surface area contributed by atoms with Gasteiger partial charge in [-0.25, -0.2) is 0 Å². The second kappa shape index (κ2) is 3.49. The van der Waals surface area contributed by atoms with Crippen molar-refractivity contribution >= 4 is 0 Å². The largest absolute Gasteiger partial charge is 0.325 e. The molecule has 0 radical (unpaired) electrons. The third-order valence-electron chi connectivity index (χ3n) is 4.20. The quantitative estimate of drug-likeness (QED) is 0.748. The lowest BCUT2D eigenvalue weighted by Crippen LogP contribution is -2.48. The summed E-state index contributed by atoms with van der Waals surface area (Å²) in [4.78, 5) is 2.61. The molecule has 2 aliphatic rings. The third kappa shape index (κ3) is 1.96. The van der Waals surface area contributed by atoms with Crippen molar-refractivity contribution in [1.82, 2.24) is 4.90 Å². The van der Waals surface area contributed by atoms with E-state index in [1.54, 1.807) is 0 Å². The summed E-state index contributed by atoms with van der Waals surface area (Å²) in [5, 5.41) is 0. The highest BCUT2D eigenvalue weighted by atomic mass is 15.1. The summed E-state index contributed by atoms with van der Waals surface area (Å²) in [6, 6.07) is 0. The molecule has 0 unspecified atom stereocenters. The Morgan fingerprint density at radius 1 is 1.14 bits per heavy atom. The van der Waals surface area contributed by atoms with E-state index in [1.807, 2.05) is 0 Å². The highest BCUT2D eigenvalue weighted by Crippen LogP contribution is 2.48. The summed E-state index contributed by atoms with van der Waals surface area (Å²) in [5.41, 5.74) is 6.78. The topological polar surface area (TPSA) is 29.3 Å². The molecule has 14 heavy (non-hydrogen) atoms. The monoisotopic (exact) mass is 196 g/mol. The SMILES string of the molecule is CC(C)(CN1CCCCC1)C1(N)CC1. The minimum Gasteiger partial charge on any atom is -0.325 e. The average molecular weight is 196 g/mol. The van der Waals surface area contributed by atoms with Crippen molar-refractivity contribution in [3.63, 3.8) is 0 Å². The van der Waals surface area contributed by atoms with Crippen LogP contribution < -0.4 is 5.73 Å². The molecule has 1 saturated carbocycles. The first kappa shape index (κ1) is 10.4. The fourth-order valence-corrected chi connectivity index (χ4v) is 2.65. The molecule has 2 rings (SSSR count). The second-order valence-corrected chi connectivity index (χ2v) is 5.88. The van der Waals surface area contributed by atoms with E-state index in [2.05, 4.69) is 18.7 Å². The maximum absolute atomic E-state index is 6.31. The van der Waals surface area contributed by atoms with E-state index in [0.717, 1.165) is 0 Å². The first-order valence-electron chi connectivity index (χ1n) is 6.05. The fraction of sp³-hybridized carbons (Fsp3) is 1.00. The maximum atomic E-state index is 6.31. The first-order valence-corrected chi connectivity index (χ1v) is 6.05. The molecule has 1 aliphatic heterocycles. The molecular weight excluding hydrogens is 172 g/mol. The van der Waals surface area contributed by atoms with Gasteiger partial charge in [-0.3, -0.25) is 0 Å². The van der Waals surface area contributed by atoms with E-state index in [4.69, 9.17) is 5.73 Å². The van der Waals surface area contributed by atoms with Crippen molar-refractivity contribution < 1.29 is 0 Å². The molecule has 1 aliphatic carbocycles. The van der Waals surface area contributed by atoms with Gasteiger partial charge in [0.25, 0.3) is 0 Å². The van der Waals surface area contributed by atoms with E-state index in [9.17, 15) is 0 Å². The van der Waals surface area contributed by atoms with Crippen LogP contribution in [0.4, 0.5) is 0 Å². The van der Waals surface area contributed by atoms with Crippen LogP contribution >= 0.6 is 0 Å². The van der Waals surface area contributed by atoms with E-state index in [-0.39, 0.29) is 5.54 Å². The van der Waals surface area contributed by atoms with E-state index in [0.29, 0.717) is 5.41 Å². The Balaban J connectivity index is 1.88. The molecule has 0 aromatic heterocycles. The highest BCUT2D eigenvalue weighted by molar-refractivity contribution is 5.09. The third-order valence-corrected chi connectivity index (χ3v) is 4.20. The predicted octanol–water partition coefficient (Wildman–Crippen LogP) is 1.99. The number of nitrogens with two attached hydrogens (primary N) is 1. The molecule has 1 heterocycles. The number of hydrogen-bond acceptors (Lipinski definition) is 2. The number of rotatable bonds is 3. The Hall–Kier alpha value is -0.0800. The zero-order valence-electron chi connectivity index (χ0n) is 9.68. The molecule has 2 nitrogen and oxygen atoms in total. The van der Waals surface area contributed by atoms with Crippen molar-refractivity contribution in [3.05, 3.63) is 0 Å². The van der Waals surface area contributed by atoms with Gasteiger partial charge < -0.3 is 10.6 Å². The molecule has 2 N–H and O–H groups in total. The zero-order chi connectivity index (χ0) is 10.2. The lowest BCUT2D eigenvalue weighted by molar-refractivity contribution is 0.124. The van der Waals surface area contributed by atoms with Crippen molar-refractivity contribution in [3.8, 4) is 0 Å².